The largest absolute Gasteiger partial charge is 0.341 e. The number of carbonyl (C=O) groups excluding carboxylic acids is 1. The Balaban J connectivity index is 1.52. The van der Waals surface area contributed by atoms with E-state index in [1.165, 1.54) is 5.56 Å². The van der Waals surface area contributed by atoms with E-state index in [1.54, 1.807) is 4.68 Å². The normalized spacial score (nSPS) is 22.7. The number of benzene rings is 1. The molecule has 1 aromatic heterocycles. The quantitative estimate of drug-likeness (QED) is 0.721. The molecule has 1 amide bonds. The van der Waals surface area contributed by atoms with Gasteiger partial charge in [0.25, 0.3) is 0 Å². The lowest BCUT2D eigenvalue weighted by Gasteiger charge is -2.44. The first-order valence-electron chi connectivity index (χ1n) is 10.8. The van der Waals surface area contributed by atoms with Crippen LogP contribution >= 0.6 is 11.6 Å². The van der Waals surface area contributed by atoms with Crippen molar-refractivity contribution in [3.63, 3.8) is 0 Å². The number of piperidine rings is 1. The van der Waals surface area contributed by atoms with Crippen LogP contribution in [0.25, 0.3) is 0 Å². The predicted molar refractivity (Wildman–Crippen MR) is 116 cm³/mol. The topological polar surface area (TPSA) is 41.4 Å². The van der Waals surface area contributed by atoms with Crippen molar-refractivity contribution < 1.29 is 4.79 Å². The fraction of sp³-hybridized carbons (Fsp3) is 0.565. The molecule has 3 heterocycles. The molecule has 2 aromatic rings. The monoisotopic (exact) mass is 414 g/mol. The highest BCUT2D eigenvalue weighted by Gasteiger charge is 2.50. The van der Waals surface area contributed by atoms with Crippen LogP contribution in [0.2, 0.25) is 5.15 Å². The van der Waals surface area contributed by atoms with E-state index in [9.17, 15) is 4.79 Å². The summed E-state index contributed by atoms with van der Waals surface area (Å²) in [5.74, 6) is 0.315. The van der Waals surface area contributed by atoms with Gasteiger partial charge in [-0.25, -0.2) is 0 Å². The molecule has 5 nitrogen and oxygen atoms in total. The van der Waals surface area contributed by atoms with Crippen molar-refractivity contribution in [1.29, 1.82) is 0 Å². The third-order valence-electron chi connectivity index (χ3n) is 6.68. The fourth-order valence-corrected chi connectivity index (χ4v) is 5.32. The number of likely N-dealkylation sites (tertiary alicyclic amines) is 2. The van der Waals surface area contributed by atoms with E-state index in [4.69, 9.17) is 11.6 Å². The molecule has 1 atom stereocenters. The molecule has 1 spiro atoms. The van der Waals surface area contributed by atoms with Crippen molar-refractivity contribution in [2.75, 3.05) is 19.6 Å². The van der Waals surface area contributed by atoms with Crippen LogP contribution in [0.3, 0.4) is 0 Å². The summed E-state index contributed by atoms with van der Waals surface area (Å²) < 4.78 is 1.76. The summed E-state index contributed by atoms with van der Waals surface area (Å²) >= 11 is 6.56. The maximum Gasteiger partial charge on any atom is 0.243 e. The van der Waals surface area contributed by atoms with Gasteiger partial charge in [-0.05, 0) is 50.6 Å². The van der Waals surface area contributed by atoms with E-state index in [-0.39, 0.29) is 5.54 Å². The van der Waals surface area contributed by atoms with Crippen LogP contribution in [-0.4, -0.2) is 50.7 Å². The lowest BCUT2D eigenvalue weighted by molar-refractivity contribution is -0.147. The van der Waals surface area contributed by atoms with E-state index in [0.717, 1.165) is 69.4 Å². The highest BCUT2D eigenvalue weighted by atomic mass is 35.5. The molecule has 4 rings (SSSR count). The highest BCUT2D eigenvalue weighted by molar-refractivity contribution is 6.30. The van der Waals surface area contributed by atoms with Crippen molar-refractivity contribution in [1.82, 2.24) is 19.6 Å². The average Bonchev–Trinajstić information content (AvgIpc) is 3.26. The Kier molecular flexibility index (Phi) is 5.98. The van der Waals surface area contributed by atoms with Gasteiger partial charge >= 0.3 is 0 Å². The molecule has 0 N–H and O–H groups in total. The average molecular weight is 415 g/mol. The van der Waals surface area contributed by atoms with Gasteiger partial charge in [0.05, 0.1) is 5.69 Å². The van der Waals surface area contributed by atoms with Gasteiger partial charge in [-0.2, -0.15) is 5.10 Å². The maximum atomic E-state index is 13.6. The zero-order valence-electron chi connectivity index (χ0n) is 17.5. The summed E-state index contributed by atoms with van der Waals surface area (Å²) in [7, 11) is 1.89. The molecule has 156 valence electrons. The molecule has 1 unspecified atom stereocenters. The summed E-state index contributed by atoms with van der Waals surface area (Å²) in [5, 5.41) is 5.27. The molecule has 2 aliphatic rings. The Morgan fingerprint density at radius 3 is 2.59 bits per heavy atom. The number of hydrogen-bond acceptors (Lipinski definition) is 3. The molecule has 2 fully saturated rings. The summed E-state index contributed by atoms with van der Waals surface area (Å²) in [4.78, 5) is 18.1. The Bertz CT molecular complexity index is 865. The summed E-state index contributed by atoms with van der Waals surface area (Å²) in [6.07, 6.45) is 5.81. The smallest absolute Gasteiger partial charge is 0.243 e. The number of aromatic nitrogens is 2. The van der Waals surface area contributed by atoms with Gasteiger partial charge in [-0.1, -0.05) is 48.9 Å². The van der Waals surface area contributed by atoms with Gasteiger partial charge in [0, 0.05) is 32.2 Å². The summed E-state index contributed by atoms with van der Waals surface area (Å²) in [6.45, 7) is 5.45. The lowest BCUT2D eigenvalue weighted by atomic mass is 9.85. The fourth-order valence-electron chi connectivity index (χ4n) is 5.11. The Labute approximate surface area is 178 Å². The molecule has 6 heteroatoms. The van der Waals surface area contributed by atoms with Crippen molar-refractivity contribution in [3.05, 3.63) is 52.3 Å². The first-order valence-corrected chi connectivity index (χ1v) is 11.2. The standard InChI is InChI=1S/C23H31ClN4O/c1-3-20-19(21(24)26(2)25-20)17-28-15-8-13-23(28)12-7-14-27(22(23)29)16-11-18-9-5-4-6-10-18/h4-6,9-10H,3,7-8,11-17H2,1-2H3. The van der Waals surface area contributed by atoms with E-state index < -0.39 is 0 Å². The molecule has 0 radical (unpaired) electrons. The number of carbonyl (C=O) groups is 1. The molecule has 2 aliphatic heterocycles. The van der Waals surface area contributed by atoms with Crippen molar-refractivity contribution in [2.24, 2.45) is 7.05 Å². The van der Waals surface area contributed by atoms with E-state index >= 15 is 0 Å². The molecular formula is C23H31ClN4O. The zero-order chi connectivity index (χ0) is 20.4. The second-order valence-electron chi connectivity index (χ2n) is 8.38. The second kappa shape index (κ2) is 8.49. The van der Waals surface area contributed by atoms with Gasteiger partial charge in [0.15, 0.2) is 0 Å². The molecule has 1 aromatic carbocycles. The molecule has 2 saturated heterocycles. The van der Waals surface area contributed by atoms with Crippen LogP contribution < -0.4 is 0 Å². The minimum atomic E-state index is -0.362. The second-order valence-corrected chi connectivity index (χ2v) is 8.74. The number of hydrogen-bond donors (Lipinski definition) is 0. The lowest BCUT2D eigenvalue weighted by Crippen LogP contribution is -2.59. The van der Waals surface area contributed by atoms with Crippen LogP contribution in [0.4, 0.5) is 0 Å². The molecule has 0 aliphatic carbocycles. The highest BCUT2D eigenvalue weighted by Crippen LogP contribution is 2.40. The Hall–Kier alpha value is -1.85. The minimum absolute atomic E-state index is 0.315. The maximum absolute atomic E-state index is 13.6. The number of aryl methyl sites for hydroxylation is 2. The van der Waals surface area contributed by atoms with Gasteiger partial charge in [0.2, 0.25) is 5.91 Å². The summed E-state index contributed by atoms with van der Waals surface area (Å²) in [5.41, 5.74) is 3.06. The number of halogens is 1. The zero-order valence-corrected chi connectivity index (χ0v) is 18.3. The third kappa shape index (κ3) is 3.82. The van der Waals surface area contributed by atoms with Crippen LogP contribution in [-0.2, 0) is 31.2 Å². The van der Waals surface area contributed by atoms with Crippen molar-refractivity contribution in [2.45, 2.75) is 57.5 Å². The van der Waals surface area contributed by atoms with Crippen LogP contribution in [0, 0.1) is 0 Å². The minimum Gasteiger partial charge on any atom is -0.341 e. The van der Waals surface area contributed by atoms with Gasteiger partial charge in [-0.15, -0.1) is 0 Å². The van der Waals surface area contributed by atoms with Crippen molar-refractivity contribution >= 4 is 17.5 Å². The van der Waals surface area contributed by atoms with E-state index in [2.05, 4.69) is 46.1 Å². The van der Waals surface area contributed by atoms with Gasteiger partial charge in [0.1, 0.15) is 10.7 Å². The first-order chi connectivity index (χ1) is 14.0. The predicted octanol–water partition coefficient (Wildman–Crippen LogP) is 3.84. The van der Waals surface area contributed by atoms with Gasteiger partial charge in [-0.3, -0.25) is 14.4 Å². The van der Waals surface area contributed by atoms with E-state index in [1.807, 2.05) is 13.1 Å². The third-order valence-corrected chi connectivity index (χ3v) is 7.15. The van der Waals surface area contributed by atoms with Crippen LogP contribution in [0.15, 0.2) is 30.3 Å². The number of nitrogens with zero attached hydrogens (tertiary/aromatic N) is 4. The number of amides is 1. The Morgan fingerprint density at radius 2 is 1.86 bits per heavy atom. The molecule has 0 saturated carbocycles. The van der Waals surface area contributed by atoms with Crippen molar-refractivity contribution in [3.8, 4) is 0 Å². The van der Waals surface area contributed by atoms with E-state index in [0.29, 0.717) is 17.6 Å². The summed E-state index contributed by atoms with van der Waals surface area (Å²) in [6, 6.07) is 10.5. The van der Waals surface area contributed by atoms with Gasteiger partial charge < -0.3 is 4.90 Å². The molecule has 29 heavy (non-hydrogen) atoms. The first kappa shape index (κ1) is 20.4. The SMILES string of the molecule is CCc1nn(C)c(Cl)c1CN1CCCC12CCCN(CCc1ccccc1)C2=O. The molecular weight excluding hydrogens is 384 g/mol. The van der Waals surface area contributed by atoms with Crippen LogP contribution in [0.5, 0.6) is 0 Å². The van der Waals surface area contributed by atoms with Crippen LogP contribution in [0.1, 0.15) is 49.4 Å². The Morgan fingerprint density at radius 1 is 1.14 bits per heavy atom. The molecule has 0 bridgehead atoms. The number of rotatable bonds is 6.